The number of amides is 1. The van der Waals surface area contributed by atoms with Crippen LogP contribution >= 0.6 is 0 Å². The van der Waals surface area contributed by atoms with Crippen molar-refractivity contribution < 1.29 is 4.79 Å². The van der Waals surface area contributed by atoms with E-state index >= 15 is 0 Å². The lowest BCUT2D eigenvalue weighted by Gasteiger charge is -2.28. The molecule has 2 fully saturated rings. The van der Waals surface area contributed by atoms with E-state index in [-0.39, 0.29) is 18.3 Å². The molecular weight excluding hydrogens is 268 g/mol. The summed E-state index contributed by atoms with van der Waals surface area (Å²) in [7, 11) is 0. The summed E-state index contributed by atoms with van der Waals surface area (Å²) < 4.78 is 1.45. The number of hydrogen-bond donors (Lipinski definition) is 0. The van der Waals surface area contributed by atoms with Crippen LogP contribution < -0.4 is 0 Å². The third-order valence-electron chi connectivity index (χ3n) is 4.30. The fourth-order valence-corrected chi connectivity index (χ4v) is 3.27. The zero-order valence-corrected chi connectivity index (χ0v) is 12.1. The molecule has 1 unspecified atom stereocenters. The van der Waals surface area contributed by atoms with Crippen LogP contribution in [-0.2, 0) is 11.3 Å². The Morgan fingerprint density at radius 3 is 2.86 bits per heavy atom. The Bertz CT molecular complexity index is 542. The smallest absolute Gasteiger partial charge is 0.252 e. The van der Waals surface area contributed by atoms with E-state index in [9.17, 15) is 4.79 Å². The van der Waals surface area contributed by atoms with Crippen LogP contribution in [0.1, 0.15) is 31.5 Å². The van der Waals surface area contributed by atoms with E-state index in [4.69, 9.17) is 5.26 Å². The largest absolute Gasteiger partial charge is 0.337 e. The summed E-state index contributed by atoms with van der Waals surface area (Å²) in [6.45, 7) is 4.31. The third-order valence-corrected chi connectivity index (χ3v) is 4.30. The van der Waals surface area contributed by atoms with Crippen LogP contribution in [0, 0.1) is 11.3 Å². The van der Waals surface area contributed by atoms with E-state index in [1.54, 1.807) is 0 Å². The molecule has 7 nitrogen and oxygen atoms in total. The number of hydrogen-bond acceptors (Lipinski definition) is 5. The lowest BCUT2D eigenvalue weighted by molar-refractivity contribution is -0.133. The van der Waals surface area contributed by atoms with Crippen LogP contribution in [0.4, 0.5) is 0 Å². The Hall–Kier alpha value is -1.94. The fraction of sp³-hybridized carbons (Fsp3) is 0.714. The Kier molecular flexibility index (Phi) is 4.15. The molecule has 1 atom stereocenters. The molecule has 112 valence electrons. The number of likely N-dealkylation sites (tertiary alicyclic amines) is 2. The fourth-order valence-electron chi connectivity index (χ4n) is 3.27. The van der Waals surface area contributed by atoms with Crippen LogP contribution in [0.15, 0.2) is 6.33 Å². The number of carbonyl (C=O) groups is 1. The zero-order valence-electron chi connectivity index (χ0n) is 12.1. The Balaban J connectivity index is 1.58. The van der Waals surface area contributed by atoms with Crippen molar-refractivity contribution in [2.75, 3.05) is 26.2 Å². The highest BCUT2D eigenvalue weighted by Crippen LogP contribution is 2.20. The van der Waals surface area contributed by atoms with E-state index < -0.39 is 0 Å². The summed E-state index contributed by atoms with van der Waals surface area (Å²) in [5.74, 6) is 0.184. The summed E-state index contributed by atoms with van der Waals surface area (Å²) in [5.41, 5.74) is 0. The van der Waals surface area contributed by atoms with E-state index in [1.807, 2.05) is 11.0 Å². The SMILES string of the molecule is N#Cc1ncn(CC(=O)N2CCCC2CN2CCCC2)n1. The lowest BCUT2D eigenvalue weighted by atomic mass is 10.2. The van der Waals surface area contributed by atoms with Crippen molar-refractivity contribution in [2.24, 2.45) is 0 Å². The minimum Gasteiger partial charge on any atom is -0.337 e. The van der Waals surface area contributed by atoms with Gasteiger partial charge >= 0.3 is 0 Å². The van der Waals surface area contributed by atoms with Crippen molar-refractivity contribution in [3.8, 4) is 6.07 Å². The molecule has 2 aliphatic rings. The number of carbonyl (C=O) groups excluding carboxylic acids is 1. The van der Waals surface area contributed by atoms with Crippen molar-refractivity contribution in [3.63, 3.8) is 0 Å². The minimum absolute atomic E-state index is 0.0751. The molecule has 1 aromatic heterocycles. The van der Waals surface area contributed by atoms with E-state index in [1.165, 1.54) is 23.9 Å². The molecule has 3 heterocycles. The highest BCUT2D eigenvalue weighted by atomic mass is 16.2. The molecule has 0 N–H and O–H groups in total. The van der Waals surface area contributed by atoms with Gasteiger partial charge in [-0.1, -0.05) is 0 Å². The van der Waals surface area contributed by atoms with Crippen molar-refractivity contribution in [2.45, 2.75) is 38.3 Å². The standard InChI is InChI=1S/C14H20N6O/c15-8-13-16-11-19(17-13)10-14(21)20-7-3-4-12(20)9-18-5-1-2-6-18/h11-12H,1-7,9-10H2. The van der Waals surface area contributed by atoms with Crippen LogP contribution in [-0.4, -0.2) is 62.7 Å². The second kappa shape index (κ2) is 6.22. The first kappa shape index (κ1) is 14.0. The van der Waals surface area contributed by atoms with Gasteiger partial charge in [-0.15, -0.1) is 5.10 Å². The first-order valence-electron chi connectivity index (χ1n) is 7.57. The topological polar surface area (TPSA) is 78.0 Å². The first-order valence-corrected chi connectivity index (χ1v) is 7.57. The number of nitrogens with zero attached hydrogens (tertiary/aromatic N) is 6. The van der Waals surface area contributed by atoms with Crippen molar-refractivity contribution in [1.29, 1.82) is 5.26 Å². The maximum Gasteiger partial charge on any atom is 0.252 e. The molecule has 21 heavy (non-hydrogen) atoms. The first-order chi connectivity index (χ1) is 10.3. The van der Waals surface area contributed by atoms with Gasteiger partial charge in [0.2, 0.25) is 5.91 Å². The van der Waals surface area contributed by atoms with Crippen molar-refractivity contribution >= 4 is 5.91 Å². The number of aromatic nitrogens is 3. The molecule has 1 aromatic rings. The maximum atomic E-state index is 12.4. The molecule has 2 saturated heterocycles. The van der Waals surface area contributed by atoms with Gasteiger partial charge in [0.05, 0.1) is 0 Å². The normalized spacial score (nSPS) is 22.6. The molecule has 0 aliphatic carbocycles. The van der Waals surface area contributed by atoms with Gasteiger partial charge in [0.15, 0.2) is 0 Å². The summed E-state index contributed by atoms with van der Waals surface area (Å²) in [5, 5.41) is 12.7. The average molecular weight is 288 g/mol. The van der Waals surface area contributed by atoms with Crippen molar-refractivity contribution in [3.05, 3.63) is 12.2 Å². The molecular formula is C14H20N6O. The molecule has 0 saturated carbocycles. The molecule has 3 rings (SSSR count). The van der Waals surface area contributed by atoms with Gasteiger partial charge in [-0.25, -0.2) is 9.67 Å². The molecule has 7 heteroatoms. The van der Waals surface area contributed by atoms with Gasteiger partial charge in [0.1, 0.15) is 18.9 Å². The van der Waals surface area contributed by atoms with Gasteiger partial charge in [0, 0.05) is 19.1 Å². The minimum atomic E-state index is 0.0751. The highest BCUT2D eigenvalue weighted by Gasteiger charge is 2.30. The van der Waals surface area contributed by atoms with Crippen LogP contribution in [0.2, 0.25) is 0 Å². The summed E-state index contributed by atoms with van der Waals surface area (Å²) >= 11 is 0. The van der Waals surface area contributed by atoms with Crippen molar-refractivity contribution in [1.82, 2.24) is 24.6 Å². The maximum absolute atomic E-state index is 12.4. The van der Waals surface area contributed by atoms with Crippen LogP contribution in [0.5, 0.6) is 0 Å². The molecule has 0 bridgehead atoms. The second-order valence-corrected chi connectivity index (χ2v) is 5.77. The monoisotopic (exact) mass is 288 g/mol. The van der Waals surface area contributed by atoms with Gasteiger partial charge in [-0.3, -0.25) is 4.79 Å². The van der Waals surface area contributed by atoms with E-state index in [0.29, 0.717) is 6.04 Å². The van der Waals surface area contributed by atoms with Gasteiger partial charge < -0.3 is 9.80 Å². The quantitative estimate of drug-likeness (QED) is 0.793. The molecule has 0 spiro atoms. The zero-order chi connectivity index (χ0) is 14.7. The van der Waals surface area contributed by atoms with E-state index in [2.05, 4.69) is 15.0 Å². The van der Waals surface area contributed by atoms with Crippen LogP contribution in [0.25, 0.3) is 0 Å². The predicted octanol–water partition coefficient (Wildman–Crippen LogP) is 0.237. The molecule has 0 aromatic carbocycles. The number of rotatable bonds is 4. The average Bonchev–Trinajstić information content (AvgIpc) is 3.20. The summed E-state index contributed by atoms with van der Waals surface area (Å²) in [6, 6.07) is 2.20. The van der Waals surface area contributed by atoms with Gasteiger partial charge in [0.25, 0.3) is 5.82 Å². The predicted molar refractivity (Wildman–Crippen MR) is 75.1 cm³/mol. The van der Waals surface area contributed by atoms with Crippen LogP contribution in [0.3, 0.4) is 0 Å². The Morgan fingerprint density at radius 1 is 1.33 bits per heavy atom. The second-order valence-electron chi connectivity index (χ2n) is 5.77. The van der Waals surface area contributed by atoms with E-state index in [0.717, 1.165) is 39.0 Å². The molecule has 2 aliphatic heterocycles. The lowest BCUT2D eigenvalue weighted by Crippen LogP contribution is -2.43. The highest BCUT2D eigenvalue weighted by molar-refractivity contribution is 5.76. The van der Waals surface area contributed by atoms with Gasteiger partial charge in [-0.2, -0.15) is 5.26 Å². The Morgan fingerprint density at radius 2 is 2.14 bits per heavy atom. The van der Waals surface area contributed by atoms with Gasteiger partial charge in [-0.05, 0) is 38.8 Å². The third kappa shape index (κ3) is 3.22. The summed E-state index contributed by atoms with van der Waals surface area (Å²) in [4.78, 5) is 20.7. The Labute approximate surface area is 124 Å². The molecule has 0 radical (unpaired) electrons. The molecule has 1 amide bonds. The summed E-state index contributed by atoms with van der Waals surface area (Å²) in [6.07, 6.45) is 6.16. The number of nitriles is 1.